The highest BCUT2D eigenvalue weighted by Crippen LogP contribution is 2.22. The van der Waals surface area contributed by atoms with Crippen molar-refractivity contribution in [3.05, 3.63) is 30.5 Å². The highest BCUT2D eigenvalue weighted by molar-refractivity contribution is 6.00. The van der Waals surface area contributed by atoms with Crippen molar-refractivity contribution >= 4 is 22.6 Å². The Morgan fingerprint density at radius 3 is 2.90 bits per heavy atom. The summed E-state index contributed by atoms with van der Waals surface area (Å²) in [4.78, 5) is 15.2. The first-order valence-corrected chi connectivity index (χ1v) is 7.85. The summed E-state index contributed by atoms with van der Waals surface area (Å²) in [5, 5.41) is 6.96. The number of carbonyl (C=O) groups is 1. The lowest BCUT2D eigenvalue weighted by Crippen LogP contribution is -2.33. The number of unbranched alkanes of at least 4 members (excludes halogenated alkanes) is 1. The molecule has 1 aromatic carbocycles. The van der Waals surface area contributed by atoms with E-state index >= 15 is 0 Å². The van der Waals surface area contributed by atoms with Crippen LogP contribution in [0.2, 0.25) is 0 Å². The first-order valence-electron chi connectivity index (χ1n) is 7.85. The Balaban J connectivity index is 1.88. The zero-order valence-electron chi connectivity index (χ0n) is 12.9. The summed E-state index contributed by atoms with van der Waals surface area (Å²) in [5.41, 5.74) is 1.87. The molecule has 1 heterocycles. The van der Waals surface area contributed by atoms with E-state index in [0.717, 1.165) is 29.6 Å². The third-order valence-electron chi connectivity index (χ3n) is 3.94. The van der Waals surface area contributed by atoms with E-state index in [-0.39, 0.29) is 6.03 Å². The first kappa shape index (κ1) is 15.4. The van der Waals surface area contributed by atoms with E-state index in [1.54, 1.807) is 0 Å². The number of rotatable bonds is 7. The van der Waals surface area contributed by atoms with Crippen molar-refractivity contribution < 1.29 is 4.79 Å². The van der Waals surface area contributed by atoms with Crippen LogP contribution in [0.4, 0.5) is 10.5 Å². The summed E-state index contributed by atoms with van der Waals surface area (Å²) < 4.78 is 0. The lowest BCUT2D eigenvalue weighted by molar-refractivity contribution is 0.249. The molecule has 0 spiro atoms. The van der Waals surface area contributed by atoms with Crippen LogP contribution in [0.15, 0.2) is 30.5 Å². The van der Waals surface area contributed by atoms with Crippen LogP contribution in [0.1, 0.15) is 39.5 Å². The highest BCUT2D eigenvalue weighted by atomic mass is 16.2. The Kier molecular flexibility index (Phi) is 5.67. The molecular weight excluding hydrogens is 262 g/mol. The highest BCUT2D eigenvalue weighted by Gasteiger charge is 2.09. The fourth-order valence-electron chi connectivity index (χ4n) is 2.54. The van der Waals surface area contributed by atoms with Crippen LogP contribution in [0.3, 0.4) is 0 Å². The van der Waals surface area contributed by atoms with E-state index in [2.05, 4.69) is 29.5 Å². The molecule has 1 aromatic heterocycles. The van der Waals surface area contributed by atoms with Gasteiger partial charge in [0.05, 0.1) is 5.69 Å². The lowest BCUT2D eigenvalue weighted by Gasteiger charge is -2.16. The van der Waals surface area contributed by atoms with Gasteiger partial charge < -0.3 is 15.6 Å². The maximum Gasteiger partial charge on any atom is 0.319 e. The maximum atomic E-state index is 12.0. The SMILES string of the molecule is CCCCC(CC)CNC(=O)Nc1cccc2[nH]ccc12. The van der Waals surface area contributed by atoms with Gasteiger partial charge in [-0.25, -0.2) is 4.79 Å². The van der Waals surface area contributed by atoms with Crippen LogP contribution in [0.25, 0.3) is 10.9 Å². The number of aromatic nitrogens is 1. The summed E-state index contributed by atoms with van der Waals surface area (Å²) in [6.45, 7) is 5.12. The maximum absolute atomic E-state index is 12.0. The number of hydrogen-bond donors (Lipinski definition) is 3. The zero-order chi connectivity index (χ0) is 15.1. The second-order valence-corrected chi connectivity index (χ2v) is 5.50. The molecular formula is C17H25N3O. The second kappa shape index (κ2) is 7.72. The van der Waals surface area contributed by atoms with E-state index in [9.17, 15) is 4.79 Å². The normalized spacial score (nSPS) is 12.3. The molecule has 1 atom stereocenters. The van der Waals surface area contributed by atoms with E-state index in [0.29, 0.717) is 5.92 Å². The molecule has 2 rings (SSSR count). The van der Waals surface area contributed by atoms with Gasteiger partial charge in [-0.1, -0.05) is 39.2 Å². The number of carbonyl (C=O) groups excluding carboxylic acids is 1. The van der Waals surface area contributed by atoms with Crippen molar-refractivity contribution in [2.75, 3.05) is 11.9 Å². The summed E-state index contributed by atoms with van der Waals surface area (Å²) in [6.07, 6.45) is 6.60. The number of urea groups is 1. The summed E-state index contributed by atoms with van der Waals surface area (Å²) >= 11 is 0. The third kappa shape index (κ3) is 4.25. The molecule has 0 bridgehead atoms. The Labute approximate surface area is 126 Å². The standard InChI is InChI=1S/C17H25N3O/c1-3-5-7-13(4-2)12-19-17(21)20-16-9-6-8-15-14(16)10-11-18-15/h6,8-11,13,18H,3-5,7,12H2,1-2H3,(H2,19,20,21). The van der Waals surface area contributed by atoms with Gasteiger partial charge in [-0.2, -0.15) is 0 Å². The quantitative estimate of drug-likeness (QED) is 0.689. The number of fused-ring (bicyclic) bond motifs is 1. The number of hydrogen-bond acceptors (Lipinski definition) is 1. The lowest BCUT2D eigenvalue weighted by atomic mass is 9.99. The number of aromatic amines is 1. The third-order valence-corrected chi connectivity index (χ3v) is 3.94. The number of nitrogens with one attached hydrogen (secondary N) is 3. The van der Waals surface area contributed by atoms with Gasteiger partial charge in [-0.05, 0) is 30.5 Å². The van der Waals surface area contributed by atoms with Crippen molar-refractivity contribution in [1.29, 1.82) is 0 Å². The Hall–Kier alpha value is -1.97. The smallest absolute Gasteiger partial charge is 0.319 e. The first-order chi connectivity index (χ1) is 10.2. The predicted octanol–water partition coefficient (Wildman–Crippen LogP) is 4.51. The van der Waals surface area contributed by atoms with Crippen molar-refractivity contribution in [3.63, 3.8) is 0 Å². The molecule has 0 radical (unpaired) electrons. The van der Waals surface area contributed by atoms with E-state index in [1.165, 1.54) is 19.3 Å². The van der Waals surface area contributed by atoms with E-state index < -0.39 is 0 Å². The van der Waals surface area contributed by atoms with Gasteiger partial charge in [-0.3, -0.25) is 0 Å². The molecule has 0 aliphatic heterocycles. The minimum absolute atomic E-state index is 0.126. The van der Waals surface area contributed by atoms with Gasteiger partial charge >= 0.3 is 6.03 Å². The fourth-order valence-corrected chi connectivity index (χ4v) is 2.54. The number of H-pyrrole nitrogens is 1. The van der Waals surface area contributed by atoms with Crippen LogP contribution in [0, 0.1) is 5.92 Å². The van der Waals surface area contributed by atoms with Gasteiger partial charge in [0, 0.05) is 23.6 Å². The average molecular weight is 287 g/mol. The molecule has 21 heavy (non-hydrogen) atoms. The van der Waals surface area contributed by atoms with Crippen molar-refractivity contribution in [1.82, 2.24) is 10.3 Å². The number of amides is 2. The van der Waals surface area contributed by atoms with Crippen molar-refractivity contribution in [2.45, 2.75) is 39.5 Å². The minimum Gasteiger partial charge on any atom is -0.361 e. The molecule has 2 aromatic rings. The van der Waals surface area contributed by atoms with Crippen LogP contribution in [-0.4, -0.2) is 17.6 Å². The van der Waals surface area contributed by atoms with E-state index in [1.807, 2.05) is 30.5 Å². The van der Waals surface area contributed by atoms with E-state index in [4.69, 9.17) is 0 Å². The van der Waals surface area contributed by atoms with Gasteiger partial charge in [-0.15, -0.1) is 0 Å². The van der Waals surface area contributed by atoms with Crippen LogP contribution >= 0.6 is 0 Å². The van der Waals surface area contributed by atoms with Crippen molar-refractivity contribution in [2.24, 2.45) is 5.92 Å². The van der Waals surface area contributed by atoms with Crippen LogP contribution < -0.4 is 10.6 Å². The molecule has 4 nitrogen and oxygen atoms in total. The molecule has 0 saturated heterocycles. The van der Waals surface area contributed by atoms with Crippen LogP contribution in [-0.2, 0) is 0 Å². The summed E-state index contributed by atoms with van der Waals surface area (Å²) in [6, 6.07) is 7.70. The Morgan fingerprint density at radius 1 is 1.29 bits per heavy atom. The van der Waals surface area contributed by atoms with Gasteiger partial charge in [0.2, 0.25) is 0 Å². The zero-order valence-corrected chi connectivity index (χ0v) is 12.9. The van der Waals surface area contributed by atoms with Gasteiger partial charge in [0.1, 0.15) is 0 Å². The fraction of sp³-hybridized carbons (Fsp3) is 0.471. The second-order valence-electron chi connectivity index (χ2n) is 5.50. The van der Waals surface area contributed by atoms with Crippen LogP contribution in [0.5, 0.6) is 0 Å². The van der Waals surface area contributed by atoms with Gasteiger partial charge in [0.25, 0.3) is 0 Å². The topological polar surface area (TPSA) is 56.9 Å². The summed E-state index contributed by atoms with van der Waals surface area (Å²) in [7, 11) is 0. The monoisotopic (exact) mass is 287 g/mol. The molecule has 1 unspecified atom stereocenters. The molecule has 3 N–H and O–H groups in total. The Bertz CT molecular complexity index is 576. The molecule has 0 aliphatic rings. The molecule has 0 fully saturated rings. The average Bonchev–Trinajstić information content (AvgIpc) is 2.97. The number of anilines is 1. The molecule has 0 saturated carbocycles. The molecule has 2 amide bonds. The largest absolute Gasteiger partial charge is 0.361 e. The molecule has 114 valence electrons. The minimum atomic E-state index is -0.126. The van der Waals surface area contributed by atoms with Crippen molar-refractivity contribution in [3.8, 4) is 0 Å². The Morgan fingerprint density at radius 2 is 2.14 bits per heavy atom. The molecule has 4 heteroatoms. The van der Waals surface area contributed by atoms with Gasteiger partial charge in [0.15, 0.2) is 0 Å². The number of benzene rings is 1. The predicted molar refractivity (Wildman–Crippen MR) is 88.6 cm³/mol. The summed E-state index contributed by atoms with van der Waals surface area (Å²) in [5.74, 6) is 0.568. The molecule has 0 aliphatic carbocycles.